The molecule has 23 heavy (non-hydrogen) atoms. The molecule has 0 unspecified atom stereocenters. The van der Waals surface area contributed by atoms with Crippen molar-refractivity contribution in [2.75, 3.05) is 24.2 Å². The summed E-state index contributed by atoms with van der Waals surface area (Å²) < 4.78 is 36.6. The minimum Gasteiger partial charge on any atom is -0.492 e. The van der Waals surface area contributed by atoms with Crippen molar-refractivity contribution in [1.82, 2.24) is 0 Å². The molecule has 0 atom stereocenters. The number of carbonyl (C=O) groups is 1. The maximum atomic E-state index is 12.1. The highest BCUT2D eigenvalue weighted by molar-refractivity contribution is 7.92. The van der Waals surface area contributed by atoms with Crippen LogP contribution >= 0.6 is 0 Å². The SMILES string of the molecule is COC(=O)c1ccccc1NS(=O)(=O)CCOc1ccccc1. The largest absolute Gasteiger partial charge is 0.492 e. The summed E-state index contributed by atoms with van der Waals surface area (Å²) in [6, 6.07) is 15.2. The molecule has 6 nitrogen and oxygen atoms in total. The first-order valence-electron chi connectivity index (χ1n) is 6.87. The molecule has 0 heterocycles. The monoisotopic (exact) mass is 335 g/mol. The molecule has 0 bridgehead atoms. The number of sulfonamides is 1. The van der Waals surface area contributed by atoms with E-state index in [4.69, 9.17) is 4.74 Å². The minimum atomic E-state index is -3.65. The first kappa shape index (κ1) is 16.8. The highest BCUT2D eigenvalue weighted by Gasteiger charge is 2.17. The molecule has 7 heteroatoms. The van der Waals surface area contributed by atoms with Crippen LogP contribution in [0, 0.1) is 0 Å². The molecule has 2 aromatic rings. The van der Waals surface area contributed by atoms with Crippen molar-refractivity contribution >= 4 is 21.7 Å². The lowest BCUT2D eigenvalue weighted by molar-refractivity contribution is 0.0602. The van der Waals surface area contributed by atoms with Crippen LogP contribution in [0.4, 0.5) is 5.69 Å². The second kappa shape index (κ2) is 7.64. The molecule has 0 saturated heterocycles. The molecule has 0 aliphatic carbocycles. The Hall–Kier alpha value is -2.54. The summed E-state index contributed by atoms with van der Waals surface area (Å²) in [6.45, 7) is -0.000260. The molecule has 0 amide bonds. The molecule has 0 radical (unpaired) electrons. The Kier molecular flexibility index (Phi) is 5.59. The molecule has 0 aliphatic heterocycles. The van der Waals surface area contributed by atoms with Crippen molar-refractivity contribution in [1.29, 1.82) is 0 Å². The summed E-state index contributed by atoms with van der Waals surface area (Å²) >= 11 is 0. The smallest absolute Gasteiger partial charge is 0.339 e. The first-order valence-corrected chi connectivity index (χ1v) is 8.53. The average molecular weight is 335 g/mol. The van der Waals surface area contributed by atoms with Gasteiger partial charge in [-0.2, -0.15) is 0 Å². The summed E-state index contributed by atoms with van der Waals surface area (Å²) in [7, 11) is -2.41. The van der Waals surface area contributed by atoms with E-state index in [0.717, 1.165) is 0 Å². The number of rotatable bonds is 7. The Balaban J connectivity index is 2.00. The zero-order valence-corrected chi connectivity index (χ0v) is 13.4. The summed E-state index contributed by atoms with van der Waals surface area (Å²) in [6.07, 6.45) is 0. The van der Waals surface area contributed by atoms with Crippen LogP contribution in [-0.4, -0.2) is 33.9 Å². The molecule has 2 aromatic carbocycles. The summed E-state index contributed by atoms with van der Waals surface area (Å²) in [5.74, 6) is -0.251. The molecular formula is C16H17NO5S. The zero-order valence-electron chi connectivity index (χ0n) is 12.6. The Labute approximate surface area is 135 Å². The lowest BCUT2D eigenvalue weighted by atomic mass is 10.2. The molecule has 0 saturated carbocycles. The Morgan fingerprint density at radius 2 is 1.70 bits per heavy atom. The number of esters is 1. The third kappa shape index (κ3) is 5.00. The average Bonchev–Trinajstić information content (AvgIpc) is 2.55. The highest BCUT2D eigenvalue weighted by Crippen LogP contribution is 2.17. The van der Waals surface area contributed by atoms with Crippen molar-refractivity contribution in [2.45, 2.75) is 0 Å². The van der Waals surface area contributed by atoms with Gasteiger partial charge in [-0.15, -0.1) is 0 Å². The van der Waals surface area contributed by atoms with Crippen molar-refractivity contribution in [3.8, 4) is 5.75 Å². The summed E-state index contributed by atoms with van der Waals surface area (Å²) in [4.78, 5) is 11.6. The lowest BCUT2D eigenvalue weighted by Crippen LogP contribution is -2.22. The Morgan fingerprint density at radius 1 is 1.04 bits per heavy atom. The number of hydrogen-bond acceptors (Lipinski definition) is 5. The summed E-state index contributed by atoms with van der Waals surface area (Å²) in [5.41, 5.74) is 0.335. The number of carbonyl (C=O) groups excluding carboxylic acids is 1. The van der Waals surface area contributed by atoms with Gasteiger partial charge in [-0.1, -0.05) is 30.3 Å². The number of nitrogens with one attached hydrogen (secondary N) is 1. The van der Waals surface area contributed by atoms with E-state index >= 15 is 0 Å². The molecule has 2 rings (SSSR count). The lowest BCUT2D eigenvalue weighted by Gasteiger charge is -2.12. The van der Waals surface area contributed by atoms with Crippen LogP contribution in [0.15, 0.2) is 54.6 Å². The third-order valence-electron chi connectivity index (χ3n) is 2.96. The van der Waals surface area contributed by atoms with Crippen molar-refractivity contribution in [3.05, 3.63) is 60.2 Å². The zero-order chi connectivity index (χ0) is 16.7. The van der Waals surface area contributed by atoms with Gasteiger partial charge in [-0.25, -0.2) is 13.2 Å². The van der Waals surface area contributed by atoms with Crippen LogP contribution in [0.1, 0.15) is 10.4 Å². The van der Waals surface area contributed by atoms with E-state index in [1.165, 1.54) is 19.2 Å². The van der Waals surface area contributed by atoms with E-state index < -0.39 is 16.0 Å². The maximum Gasteiger partial charge on any atom is 0.339 e. The van der Waals surface area contributed by atoms with Gasteiger partial charge in [0.05, 0.1) is 18.4 Å². The summed E-state index contributed by atoms with van der Waals surface area (Å²) in [5, 5.41) is 0. The fraction of sp³-hybridized carbons (Fsp3) is 0.188. The van der Waals surface area contributed by atoms with E-state index in [0.29, 0.717) is 5.75 Å². The fourth-order valence-corrected chi connectivity index (χ4v) is 2.78. The number of anilines is 1. The highest BCUT2D eigenvalue weighted by atomic mass is 32.2. The van der Waals surface area contributed by atoms with Crippen LogP contribution in [0.3, 0.4) is 0 Å². The predicted molar refractivity (Wildman–Crippen MR) is 87.1 cm³/mol. The number of para-hydroxylation sites is 2. The van der Waals surface area contributed by atoms with Crippen LogP contribution < -0.4 is 9.46 Å². The van der Waals surface area contributed by atoms with Gasteiger partial charge in [0, 0.05) is 0 Å². The molecule has 0 spiro atoms. The van der Waals surface area contributed by atoms with Gasteiger partial charge in [0.2, 0.25) is 10.0 Å². The molecule has 1 N–H and O–H groups in total. The van der Waals surface area contributed by atoms with Gasteiger partial charge in [-0.3, -0.25) is 4.72 Å². The van der Waals surface area contributed by atoms with Crippen LogP contribution in [0.2, 0.25) is 0 Å². The Bertz CT molecular complexity index is 759. The normalized spacial score (nSPS) is 10.8. The van der Waals surface area contributed by atoms with Crippen molar-refractivity contribution in [2.24, 2.45) is 0 Å². The Morgan fingerprint density at radius 3 is 2.39 bits per heavy atom. The number of ether oxygens (including phenoxy) is 2. The van der Waals surface area contributed by atoms with Gasteiger partial charge in [0.15, 0.2) is 0 Å². The number of methoxy groups -OCH3 is 1. The topological polar surface area (TPSA) is 81.7 Å². The van der Waals surface area contributed by atoms with Gasteiger partial charge < -0.3 is 9.47 Å². The number of benzene rings is 2. The van der Waals surface area contributed by atoms with Gasteiger partial charge in [-0.05, 0) is 24.3 Å². The molecular weight excluding hydrogens is 318 g/mol. The van der Waals surface area contributed by atoms with Crippen LogP contribution in [-0.2, 0) is 14.8 Å². The van der Waals surface area contributed by atoms with E-state index in [9.17, 15) is 13.2 Å². The minimum absolute atomic E-state index is 0.000260. The second-order valence-electron chi connectivity index (χ2n) is 4.62. The van der Waals surface area contributed by atoms with Gasteiger partial charge in [0.25, 0.3) is 0 Å². The standard InChI is InChI=1S/C16H17NO5S/c1-21-16(18)14-9-5-6-10-15(14)17-23(19,20)12-11-22-13-7-3-2-4-8-13/h2-10,17H,11-12H2,1H3. The van der Waals surface area contributed by atoms with Gasteiger partial charge in [0.1, 0.15) is 18.1 Å². The predicted octanol–water partition coefficient (Wildman–Crippen LogP) is 2.29. The number of hydrogen-bond donors (Lipinski definition) is 1. The third-order valence-corrected chi connectivity index (χ3v) is 4.20. The van der Waals surface area contributed by atoms with Crippen LogP contribution in [0.5, 0.6) is 5.75 Å². The fourth-order valence-electron chi connectivity index (χ4n) is 1.86. The first-order chi connectivity index (χ1) is 11.0. The quantitative estimate of drug-likeness (QED) is 0.785. The molecule has 0 fully saturated rings. The van der Waals surface area contributed by atoms with E-state index in [1.54, 1.807) is 36.4 Å². The van der Waals surface area contributed by atoms with E-state index in [1.807, 2.05) is 6.07 Å². The molecule has 0 aliphatic rings. The maximum absolute atomic E-state index is 12.1. The van der Waals surface area contributed by atoms with Crippen molar-refractivity contribution < 1.29 is 22.7 Å². The van der Waals surface area contributed by atoms with Crippen LogP contribution in [0.25, 0.3) is 0 Å². The molecule has 122 valence electrons. The second-order valence-corrected chi connectivity index (χ2v) is 6.46. The van der Waals surface area contributed by atoms with Gasteiger partial charge >= 0.3 is 5.97 Å². The van der Waals surface area contributed by atoms with E-state index in [2.05, 4.69) is 9.46 Å². The van der Waals surface area contributed by atoms with Crippen molar-refractivity contribution in [3.63, 3.8) is 0 Å². The van der Waals surface area contributed by atoms with E-state index in [-0.39, 0.29) is 23.6 Å². The molecule has 0 aromatic heterocycles.